The Kier molecular flexibility index (Phi) is 6.74. The van der Waals surface area contributed by atoms with Crippen molar-refractivity contribution in [2.75, 3.05) is 5.43 Å². The summed E-state index contributed by atoms with van der Waals surface area (Å²) in [5.41, 5.74) is 4.81. The van der Waals surface area contributed by atoms with Gasteiger partial charge in [-0.3, -0.25) is 4.79 Å². The van der Waals surface area contributed by atoms with Crippen molar-refractivity contribution < 1.29 is 18.3 Å². The van der Waals surface area contributed by atoms with Crippen molar-refractivity contribution in [3.8, 4) is 5.75 Å². The molecule has 1 N–H and O–H groups in total. The van der Waals surface area contributed by atoms with E-state index in [9.17, 15) is 13.6 Å². The van der Waals surface area contributed by atoms with E-state index in [4.69, 9.17) is 11.6 Å². The highest BCUT2D eigenvalue weighted by Crippen LogP contribution is 2.41. The van der Waals surface area contributed by atoms with Crippen molar-refractivity contribution in [3.63, 3.8) is 0 Å². The second kappa shape index (κ2) is 9.92. The Bertz CT molecular complexity index is 1150. The Hall–Kier alpha value is -2.65. The molecule has 0 radical (unpaired) electrons. The van der Waals surface area contributed by atoms with Gasteiger partial charge in [0.1, 0.15) is 11.0 Å². The Morgan fingerprint density at radius 2 is 1.76 bits per heavy atom. The Balaban J connectivity index is 1.47. The summed E-state index contributed by atoms with van der Waals surface area (Å²) in [4.78, 5) is 13.6. The number of nitrogens with zero attached hydrogens (tertiary/aromatic N) is 3. The number of thioether (sulfide) groups is 1. The van der Waals surface area contributed by atoms with Crippen LogP contribution in [0.2, 0.25) is 5.02 Å². The van der Waals surface area contributed by atoms with Crippen LogP contribution < -0.4 is 10.2 Å². The van der Waals surface area contributed by atoms with Crippen molar-refractivity contribution in [2.24, 2.45) is 0 Å². The van der Waals surface area contributed by atoms with E-state index in [-0.39, 0.29) is 17.6 Å². The average molecular weight is 505 g/mol. The van der Waals surface area contributed by atoms with Crippen LogP contribution in [0.4, 0.5) is 8.78 Å². The third-order valence-corrected chi connectivity index (χ3v) is 7.75. The molecule has 1 aliphatic heterocycles. The maximum atomic E-state index is 13.6. The number of alkyl halides is 2. The lowest BCUT2D eigenvalue weighted by Gasteiger charge is -2.34. The van der Waals surface area contributed by atoms with Crippen LogP contribution in [0.15, 0.2) is 53.7 Å². The highest BCUT2D eigenvalue weighted by molar-refractivity contribution is 8.00. The van der Waals surface area contributed by atoms with Gasteiger partial charge in [0.15, 0.2) is 11.6 Å². The molecule has 1 saturated carbocycles. The number of benzene rings is 2. The van der Waals surface area contributed by atoms with E-state index in [1.54, 1.807) is 12.1 Å². The standard InChI is InChI=1S/C24H23ClF2N4O2S/c25-17-10-6-14(7-11-17)19-21(20(32)15-8-12-18(13-9-15)33-23(26)27)34-24-29-28-22(31(24)30-19)16-4-2-1-3-5-16/h6-13,16,19,21,23,30H,1-5H2/t19-,21+/m1/s1. The first-order valence-electron chi connectivity index (χ1n) is 11.2. The molecule has 3 aromatic rings. The van der Waals surface area contributed by atoms with Crippen molar-refractivity contribution in [3.05, 3.63) is 70.5 Å². The molecule has 0 bridgehead atoms. The van der Waals surface area contributed by atoms with Crippen LogP contribution in [0.5, 0.6) is 5.75 Å². The lowest BCUT2D eigenvalue weighted by atomic mass is 9.89. The second-order valence-corrected chi connectivity index (χ2v) is 10.0. The van der Waals surface area contributed by atoms with Gasteiger partial charge in [-0.1, -0.05) is 54.8 Å². The first kappa shape index (κ1) is 23.1. The third kappa shape index (κ3) is 4.77. The number of ether oxygens (including phenoxy) is 1. The predicted molar refractivity (Wildman–Crippen MR) is 126 cm³/mol. The lowest BCUT2D eigenvalue weighted by molar-refractivity contribution is -0.0498. The van der Waals surface area contributed by atoms with Crippen LogP contribution >= 0.6 is 23.4 Å². The number of carbonyl (C=O) groups is 1. The molecule has 2 aliphatic rings. The summed E-state index contributed by atoms with van der Waals surface area (Å²) in [5.74, 6) is 1.10. The SMILES string of the molecule is O=C(c1ccc(OC(F)F)cc1)[C@H]1Sc2nnc(C3CCCCC3)n2N[C@@H]1c1ccc(Cl)cc1. The summed E-state index contributed by atoms with van der Waals surface area (Å²) < 4.78 is 31.3. The quantitative estimate of drug-likeness (QED) is 0.402. The Morgan fingerprint density at radius 3 is 2.44 bits per heavy atom. The monoisotopic (exact) mass is 504 g/mol. The second-order valence-electron chi connectivity index (χ2n) is 8.48. The maximum absolute atomic E-state index is 13.6. The van der Waals surface area contributed by atoms with E-state index in [2.05, 4.69) is 20.4 Å². The molecule has 2 atom stereocenters. The minimum atomic E-state index is -2.92. The zero-order valence-electron chi connectivity index (χ0n) is 18.2. The summed E-state index contributed by atoms with van der Waals surface area (Å²) in [6.45, 7) is -2.92. The molecule has 1 fully saturated rings. The number of hydrogen-bond acceptors (Lipinski definition) is 6. The van der Waals surface area contributed by atoms with E-state index in [1.165, 1.54) is 55.3 Å². The maximum Gasteiger partial charge on any atom is 0.387 e. The van der Waals surface area contributed by atoms with Gasteiger partial charge in [0.05, 0.1) is 6.04 Å². The molecular weight excluding hydrogens is 482 g/mol. The molecule has 1 aromatic heterocycles. The lowest BCUT2D eigenvalue weighted by Crippen LogP contribution is -2.39. The molecule has 0 spiro atoms. The molecule has 178 valence electrons. The van der Waals surface area contributed by atoms with Crippen molar-refractivity contribution in [1.82, 2.24) is 14.9 Å². The zero-order chi connectivity index (χ0) is 23.7. The number of fused-ring (bicyclic) bond motifs is 1. The van der Waals surface area contributed by atoms with E-state index in [0.29, 0.717) is 21.7 Å². The van der Waals surface area contributed by atoms with Crippen LogP contribution in [0.1, 0.15) is 65.8 Å². The minimum Gasteiger partial charge on any atom is -0.435 e. The number of Topliss-reactive ketones (excluding diaryl/α,β-unsaturated/α-hetero) is 1. The first-order chi connectivity index (χ1) is 16.5. The van der Waals surface area contributed by atoms with Gasteiger partial charge in [-0.2, -0.15) is 8.78 Å². The molecule has 5 rings (SSSR count). The molecule has 6 nitrogen and oxygen atoms in total. The average Bonchev–Trinajstić information content (AvgIpc) is 3.27. The van der Waals surface area contributed by atoms with Crippen molar-refractivity contribution in [2.45, 2.75) is 61.1 Å². The minimum absolute atomic E-state index is 0.00657. The number of ketones is 1. The smallest absolute Gasteiger partial charge is 0.387 e. The third-order valence-electron chi connectivity index (χ3n) is 6.28. The fraction of sp³-hybridized carbons (Fsp3) is 0.375. The van der Waals surface area contributed by atoms with Gasteiger partial charge < -0.3 is 10.2 Å². The van der Waals surface area contributed by atoms with Gasteiger partial charge in [0, 0.05) is 16.5 Å². The molecule has 10 heteroatoms. The number of rotatable bonds is 6. The van der Waals surface area contributed by atoms with Crippen molar-refractivity contribution >= 4 is 29.1 Å². The summed E-state index contributed by atoms with van der Waals surface area (Å²) in [5, 5.41) is 9.57. The molecule has 0 unspecified atom stereocenters. The van der Waals surface area contributed by atoms with Crippen LogP contribution in [0.3, 0.4) is 0 Å². The number of carbonyl (C=O) groups excluding carboxylic acids is 1. The molecule has 0 saturated heterocycles. The fourth-order valence-electron chi connectivity index (χ4n) is 4.58. The van der Waals surface area contributed by atoms with E-state index in [0.717, 1.165) is 24.2 Å². The fourth-order valence-corrected chi connectivity index (χ4v) is 5.87. The molecular formula is C24H23ClF2N4O2S. The van der Waals surface area contributed by atoms with E-state index < -0.39 is 11.9 Å². The van der Waals surface area contributed by atoms with E-state index >= 15 is 0 Å². The molecule has 1 aliphatic carbocycles. The number of aromatic nitrogens is 3. The molecule has 2 heterocycles. The molecule has 0 amide bonds. The van der Waals surface area contributed by atoms with Gasteiger partial charge in [0.25, 0.3) is 0 Å². The molecule has 2 aromatic carbocycles. The summed E-state index contributed by atoms with van der Waals surface area (Å²) in [6.07, 6.45) is 5.74. The van der Waals surface area contributed by atoms with Crippen molar-refractivity contribution in [1.29, 1.82) is 0 Å². The van der Waals surface area contributed by atoms with Gasteiger partial charge in [-0.15, -0.1) is 10.2 Å². The topological polar surface area (TPSA) is 69.0 Å². The Labute approximate surface area is 205 Å². The van der Waals surface area contributed by atoms with Crippen LogP contribution in [0.25, 0.3) is 0 Å². The summed E-state index contributed by atoms with van der Waals surface area (Å²) >= 11 is 7.46. The van der Waals surface area contributed by atoms with Gasteiger partial charge in [0.2, 0.25) is 5.16 Å². The number of nitrogens with one attached hydrogen (secondary N) is 1. The van der Waals surface area contributed by atoms with Gasteiger partial charge >= 0.3 is 6.61 Å². The number of hydrogen-bond donors (Lipinski definition) is 1. The van der Waals surface area contributed by atoms with E-state index in [1.807, 2.05) is 16.8 Å². The zero-order valence-corrected chi connectivity index (χ0v) is 19.7. The van der Waals surface area contributed by atoms with Crippen LogP contribution in [-0.4, -0.2) is 32.5 Å². The number of halogens is 3. The normalized spacial score (nSPS) is 20.6. The first-order valence-corrected chi connectivity index (χ1v) is 12.5. The summed E-state index contributed by atoms with van der Waals surface area (Å²) in [6, 6.07) is 12.8. The van der Waals surface area contributed by atoms with Crippen LogP contribution in [0, 0.1) is 0 Å². The molecule has 34 heavy (non-hydrogen) atoms. The van der Waals surface area contributed by atoms with Gasteiger partial charge in [-0.25, -0.2) is 4.68 Å². The van der Waals surface area contributed by atoms with Gasteiger partial charge in [-0.05, 0) is 54.8 Å². The predicted octanol–water partition coefficient (Wildman–Crippen LogP) is 6.22. The highest BCUT2D eigenvalue weighted by atomic mass is 35.5. The Morgan fingerprint density at radius 1 is 1.06 bits per heavy atom. The highest BCUT2D eigenvalue weighted by Gasteiger charge is 2.39. The van der Waals surface area contributed by atoms with Crippen LogP contribution in [-0.2, 0) is 0 Å². The summed E-state index contributed by atoms with van der Waals surface area (Å²) in [7, 11) is 0. The largest absolute Gasteiger partial charge is 0.435 e.